The number of allylic oxidation sites excluding steroid dienone is 2. The fraction of sp³-hybridized carbons (Fsp3) is 0.750. The Morgan fingerprint density at radius 2 is 2.12 bits per heavy atom. The molecule has 0 spiro atoms. The van der Waals surface area contributed by atoms with E-state index in [0.717, 1.165) is 23.7 Å². The van der Waals surface area contributed by atoms with E-state index < -0.39 is 0 Å². The normalized spacial score (nSPS) is 64.0. The lowest BCUT2D eigenvalue weighted by Gasteiger charge is -1.97. The second-order valence-electron chi connectivity index (χ2n) is 3.44. The van der Waals surface area contributed by atoms with Crippen molar-refractivity contribution in [2.75, 3.05) is 0 Å². The first-order chi connectivity index (χ1) is 3.97. The van der Waals surface area contributed by atoms with E-state index in [-0.39, 0.29) is 0 Å². The standard InChI is InChI=1S/C8H10/c1-3-6-7-4-2-5(1)8(6)7/h1,3,5-8H,2,4H2/t5-,6?,7?,8+/m0/s1. The molecule has 0 nitrogen and oxygen atoms in total. The van der Waals surface area contributed by atoms with E-state index in [2.05, 4.69) is 12.2 Å². The summed E-state index contributed by atoms with van der Waals surface area (Å²) in [5.41, 5.74) is 0. The molecule has 0 radical (unpaired) electrons. The lowest BCUT2D eigenvalue weighted by Crippen LogP contribution is -1.88. The van der Waals surface area contributed by atoms with Crippen LogP contribution in [0.25, 0.3) is 0 Å². The largest absolute Gasteiger partial charge is 0.0848 e. The molecule has 0 saturated heterocycles. The van der Waals surface area contributed by atoms with Gasteiger partial charge in [0.2, 0.25) is 0 Å². The number of rotatable bonds is 0. The topological polar surface area (TPSA) is 0 Å². The molecule has 0 aromatic rings. The first kappa shape index (κ1) is 3.71. The Morgan fingerprint density at radius 3 is 2.75 bits per heavy atom. The lowest BCUT2D eigenvalue weighted by atomic mass is 10.1. The van der Waals surface area contributed by atoms with Crippen LogP contribution in [0.4, 0.5) is 0 Å². The molecule has 0 N–H and O–H groups in total. The maximum absolute atomic E-state index is 2.45. The summed E-state index contributed by atoms with van der Waals surface area (Å²) < 4.78 is 0. The quantitative estimate of drug-likeness (QED) is 0.413. The van der Waals surface area contributed by atoms with Crippen molar-refractivity contribution in [2.24, 2.45) is 23.7 Å². The molecule has 2 unspecified atom stereocenters. The second-order valence-corrected chi connectivity index (χ2v) is 3.44. The van der Waals surface area contributed by atoms with Gasteiger partial charge in [-0.2, -0.15) is 0 Å². The Labute approximate surface area is 49.6 Å². The summed E-state index contributed by atoms with van der Waals surface area (Å²) in [6.07, 6.45) is 7.93. The summed E-state index contributed by atoms with van der Waals surface area (Å²) in [4.78, 5) is 0. The van der Waals surface area contributed by atoms with E-state index in [4.69, 9.17) is 0 Å². The average molecular weight is 106 g/mol. The van der Waals surface area contributed by atoms with Crippen molar-refractivity contribution in [3.05, 3.63) is 12.2 Å². The third-order valence-corrected chi connectivity index (χ3v) is 3.20. The van der Waals surface area contributed by atoms with Gasteiger partial charge in [0.25, 0.3) is 0 Å². The predicted molar refractivity (Wildman–Crippen MR) is 32.3 cm³/mol. The molecule has 0 amide bonds. The van der Waals surface area contributed by atoms with Crippen LogP contribution >= 0.6 is 0 Å². The summed E-state index contributed by atoms with van der Waals surface area (Å²) in [6, 6.07) is 0. The molecule has 2 fully saturated rings. The van der Waals surface area contributed by atoms with Crippen LogP contribution in [0, 0.1) is 23.7 Å². The summed E-state index contributed by atoms with van der Waals surface area (Å²) in [7, 11) is 0. The van der Waals surface area contributed by atoms with E-state index in [0.29, 0.717) is 0 Å². The summed E-state index contributed by atoms with van der Waals surface area (Å²) in [5, 5.41) is 0. The van der Waals surface area contributed by atoms with Gasteiger partial charge >= 0.3 is 0 Å². The molecule has 42 valence electrons. The smallest absolute Gasteiger partial charge is 0.0165 e. The van der Waals surface area contributed by atoms with Crippen molar-refractivity contribution in [1.82, 2.24) is 0 Å². The maximum Gasteiger partial charge on any atom is -0.0165 e. The first-order valence-electron chi connectivity index (χ1n) is 3.65. The molecule has 3 rings (SSSR count). The molecular formula is C8H10. The molecular weight excluding hydrogens is 96.1 g/mol. The van der Waals surface area contributed by atoms with Crippen LogP contribution in [-0.4, -0.2) is 0 Å². The Hall–Kier alpha value is -0.260. The average Bonchev–Trinajstić information content (AvgIpc) is 2.11. The van der Waals surface area contributed by atoms with Crippen molar-refractivity contribution in [3.63, 3.8) is 0 Å². The summed E-state index contributed by atoms with van der Waals surface area (Å²) >= 11 is 0. The molecule has 0 aromatic carbocycles. The van der Waals surface area contributed by atoms with Gasteiger partial charge < -0.3 is 0 Å². The van der Waals surface area contributed by atoms with Crippen molar-refractivity contribution >= 4 is 0 Å². The highest BCUT2D eigenvalue weighted by Crippen LogP contribution is 2.65. The van der Waals surface area contributed by atoms with Crippen LogP contribution in [0.15, 0.2) is 12.2 Å². The van der Waals surface area contributed by atoms with Crippen molar-refractivity contribution in [1.29, 1.82) is 0 Å². The first-order valence-corrected chi connectivity index (χ1v) is 3.65. The monoisotopic (exact) mass is 106 g/mol. The fourth-order valence-electron chi connectivity index (χ4n) is 2.76. The van der Waals surface area contributed by atoms with Crippen LogP contribution in [0.5, 0.6) is 0 Å². The van der Waals surface area contributed by atoms with Gasteiger partial charge in [-0.15, -0.1) is 0 Å². The fourth-order valence-corrected chi connectivity index (χ4v) is 2.76. The van der Waals surface area contributed by atoms with Gasteiger partial charge in [-0.25, -0.2) is 0 Å². The van der Waals surface area contributed by atoms with Crippen molar-refractivity contribution in [2.45, 2.75) is 12.8 Å². The minimum Gasteiger partial charge on any atom is -0.0848 e. The Morgan fingerprint density at radius 1 is 1.12 bits per heavy atom. The number of fused-ring (bicyclic) bond motifs is 1. The van der Waals surface area contributed by atoms with Crippen LogP contribution < -0.4 is 0 Å². The van der Waals surface area contributed by atoms with Crippen LogP contribution in [0.3, 0.4) is 0 Å². The minimum atomic E-state index is 1.03. The molecule has 0 heteroatoms. The summed E-state index contributed by atoms with van der Waals surface area (Å²) in [6.45, 7) is 0. The zero-order valence-corrected chi connectivity index (χ0v) is 4.88. The Bertz CT molecular complexity index is 157. The van der Waals surface area contributed by atoms with E-state index in [1.165, 1.54) is 12.8 Å². The molecule has 0 heterocycles. The van der Waals surface area contributed by atoms with Crippen LogP contribution in [0.2, 0.25) is 0 Å². The van der Waals surface area contributed by atoms with Gasteiger partial charge in [-0.05, 0) is 36.5 Å². The van der Waals surface area contributed by atoms with Gasteiger partial charge in [-0.1, -0.05) is 12.2 Å². The predicted octanol–water partition coefficient (Wildman–Crippen LogP) is 1.83. The van der Waals surface area contributed by atoms with Crippen molar-refractivity contribution < 1.29 is 0 Å². The second kappa shape index (κ2) is 0.896. The molecule has 0 bridgehead atoms. The maximum atomic E-state index is 2.45. The highest BCUT2D eigenvalue weighted by molar-refractivity contribution is 5.24. The minimum absolute atomic E-state index is 1.03. The molecule has 4 atom stereocenters. The molecule has 3 aliphatic rings. The highest BCUT2D eigenvalue weighted by Gasteiger charge is 2.58. The zero-order chi connectivity index (χ0) is 5.14. The van der Waals surface area contributed by atoms with Gasteiger partial charge in [0.05, 0.1) is 0 Å². The van der Waals surface area contributed by atoms with Gasteiger partial charge in [0.15, 0.2) is 0 Å². The zero-order valence-electron chi connectivity index (χ0n) is 4.88. The van der Waals surface area contributed by atoms with E-state index >= 15 is 0 Å². The number of hydrogen-bond donors (Lipinski definition) is 0. The third-order valence-electron chi connectivity index (χ3n) is 3.20. The molecule has 0 aliphatic heterocycles. The van der Waals surface area contributed by atoms with Crippen molar-refractivity contribution in [3.8, 4) is 0 Å². The van der Waals surface area contributed by atoms with Crippen LogP contribution in [0.1, 0.15) is 12.8 Å². The Kier molecular flexibility index (Phi) is 0.415. The molecule has 2 saturated carbocycles. The van der Waals surface area contributed by atoms with Gasteiger partial charge in [0.1, 0.15) is 0 Å². The number of hydrogen-bond acceptors (Lipinski definition) is 0. The molecule has 3 aliphatic carbocycles. The third kappa shape index (κ3) is 0.229. The highest BCUT2D eigenvalue weighted by atomic mass is 14.6. The van der Waals surface area contributed by atoms with E-state index in [1.807, 2.05) is 0 Å². The van der Waals surface area contributed by atoms with E-state index in [1.54, 1.807) is 0 Å². The van der Waals surface area contributed by atoms with Gasteiger partial charge in [-0.3, -0.25) is 0 Å². The van der Waals surface area contributed by atoms with Crippen LogP contribution in [-0.2, 0) is 0 Å². The summed E-state index contributed by atoms with van der Waals surface area (Å²) in [5.74, 6) is 4.40. The van der Waals surface area contributed by atoms with Gasteiger partial charge in [0, 0.05) is 0 Å². The Balaban J connectivity index is 2.11. The molecule has 8 heavy (non-hydrogen) atoms. The molecule has 0 aromatic heterocycles. The van der Waals surface area contributed by atoms with E-state index in [9.17, 15) is 0 Å². The lowest BCUT2D eigenvalue weighted by molar-refractivity contribution is 0.587. The SMILES string of the molecule is C1=C[C@H]2CCC3C1[C@H]32.